The predicted molar refractivity (Wildman–Crippen MR) is 78.4 cm³/mol. The molecule has 3 saturated carbocycles. The molecule has 0 amide bonds. The Morgan fingerprint density at radius 2 is 1.86 bits per heavy atom. The molecule has 120 valence electrons. The minimum absolute atomic E-state index is 0.0180. The highest BCUT2D eigenvalue weighted by molar-refractivity contribution is 5.66. The molecule has 0 spiro atoms. The lowest BCUT2D eigenvalue weighted by molar-refractivity contribution is -0.256. The molecule has 0 aromatic carbocycles. The van der Waals surface area contributed by atoms with Gasteiger partial charge in [-0.1, -0.05) is 13.8 Å². The quantitative estimate of drug-likeness (QED) is 0.766. The maximum Gasteiger partial charge on any atom is 0.302 e. The van der Waals surface area contributed by atoms with Crippen LogP contribution in [0.1, 0.15) is 53.4 Å². The van der Waals surface area contributed by atoms with E-state index in [-0.39, 0.29) is 35.4 Å². The molecule has 3 aliphatic carbocycles. The zero-order chi connectivity index (χ0) is 15.6. The third-order valence-electron chi connectivity index (χ3n) is 6.65. The molecule has 3 aliphatic rings. The van der Waals surface area contributed by atoms with E-state index in [1.54, 1.807) is 0 Å². The summed E-state index contributed by atoms with van der Waals surface area (Å²) in [6.07, 6.45) is 3.46. The number of ether oxygens (including phenoxy) is 1. The highest BCUT2D eigenvalue weighted by Gasteiger charge is 2.69. The van der Waals surface area contributed by atoms with Gasteiger partial charge in [0.1, 0.15) is 6.10 Å². The molecule has 4 nitrogen and oxygen atoms in total. The van der Waals surface area contributed by atoms with Crippen LogP contribution >= 0.6 is 0 Å². The second-order valence-corrected chi connectivity index (χ2v) is 8.64. The molecular formula is C17H28O4. The van der Waals surface area contributed by atoms with Gasteiger partial charge < -0.3 is 14.9 Å². The van der Waals surface area contributed by atoms with Crippen molar-refractivity contribution in [3.8, 4) is 0 Å². The summed E-state index contributed by atoms with van der Waals surface area (Å²) in [5.41, 5.74) is -0.774. The summed E-state index contributed by atoms with van der Waals surface area (Å²) in [5.74, 6) is 0.756. The molecule has 3 rings (SSSR count). The van der Waals surface area contributed by atoms with Crippen LogP contribution in [-0.4, -0.2) is 34.5 Å². The van der Waals surface area contributed by atoms with E-state index in [0.29, 0.717) is 11.8 Å². The lowest BCUT2D eigenvalue weighted by Crippen LogP contribution is -2.67. The third kappa shape index (κ3) is 2.14. The Morgan fingerprint density at radius 3 is 2.43 bits per heavy atom. The Labute approximate surface area is 126 Å². The van der Waals surface area contributed by atoms with Crippen molar-refractivity contribution in [1.29, 1.82) is 0 Å². The van der Waals surface area contributed by atoms with Gasteiger partial charge in [-0.15, -0.1) is 0 Å². The number of esters is 1. The van der Waals surface area contributed by atoms with E-state index in [1.165, 1.54) is 6.92 Å². The highest BCUT2D eigenvalue weighted by Crippen LogP contribution is 2.69. The molecule has 3 fully saturated rings. The molecule has 0 radical (unpaired) electrons. The van der Waals surface area contributed by atoms with Crippen molar-refractivity contribution < 1.29 is 19.7 Å². The molecule has 0 bridgehead atoms. The van der Waals surface area contributed by atoms with Crippen molar-refractivity contribution >= 4 is 5.97 Å². The van der Waals surface area contributed by atoms with Crippen molar-refractivity contribution in [2.45, 2.75) is 65.1 Å². The lowest BCUT2D eigenvalue weighted by Gasteiger charge is -2.65. The topological polar surface area (TPSA) is 66.8 Å². The van der Waals surface area contributed by atoms with Crippen LogP contribution in [0.4, 0.5) is 0 Å². The minimum atomic E-state index is -0.783. The van der Waals surface area contributed by atoms with E-state index in [4.69, 9.17) is 4.74 Å². The number of hydrogen-bond donors (Lipinski definition) is 2. The average molecular weight is 296 g/mol. The van der Waals surface area contributed by atoms with Gasteiger partial charge in [-0.25, -0.2) is 0 Å². The smallest absolute Gasteiger partial charge is 0.302 e. The van der Waals surface area contributed by atoms with E-state index in [9.17, 15) is 15.0 Å². The maximum atomic E-state index is 11.3. The van der Waals surface area contributed by atoms with E-state index < -0.39 is 5.60 Å². The van der Waals surface area contributed by atoms with E-state index in [2.05, 4.69) is 13.8 Å². The first-order valence-corrected chi connectivity index (χ1v) is 8.12. The Morgan fingerprint density at radius 1 is 1.19 bits per heavy atom. The molecular weight excluding hydrogens is 268 g/mol. The summed E-state index contributed by atoms with van der Waals surface area (Å²) in [7, 11) is 0. The summed E-state index contributed by atoms with van der Waals surface area (Å²) < 4.78 is 5.43. The Hall–Kier alpha value is -0.610. The Kier molecular flexibility index (Phi) is 3.24. The molecule has 0 aliphatic heterocycles. The van der Waals surface area contributed by atoms with Gasteiger partial charge in [-0.2, -0.15) is 0 Å². The lowest BCUT2D eigenvalue weighted by atomic mass is 9.43. The molecule has 0 unspecified atom stereocenters. The molecule has 0 saturated heterocycles. The number of rotatable bonds is 2. The van der Waals surface area contributed by atoms with Crippen LogP contribution < -0.4 is 0 Å². The summed E-state index contributed by atoms with van der Waals surface area (Å²) in [6.45, 7) is 7.95. The predicted octanol–water partition coefficient (Wildman–Crippen LogP) is 2.12. The van der Waals surface area contributed by atoms with Gasteiger partial charge in [0.15, 0.2) is 0 Å². The normalized spacial score (nSPS) is 55.3. The monoisotopic (exact) mass is 296 g/mol. The van der Waals surface area contributed by atoms with Gasteiger partial charge in [-0.05, 0) is 55.3 Å². The summed E-state index contributed by atoms with van der Waals surface area (Å²) in [4.78, 5) is 11.3. The van der Waals surface area contributed by atoms with Crippen molar-refractivity contribution in [2.75, 3.05) is 6.61 Å². The van der Waals surface area contributed by atoms with Crippen LogP contribution in [0.3, 0.4) is 0 Å². The van der Waals surface area contributed by atoms with Gasteiger partial charge in [0.2, 0.25) is 0 Å². The molecule has 4 heteroatoms. The van der Waals surface area contributed by atoms with Crippen LogP contribution in [0.25, 0.3) is 0 Å². The van der Waals surface area contributed by atoms with Crippen LogP contribution in [0.5, 0.6) is 0 Å². The second kappa shape index (κ2) is 4.45. The van der Waals surface area contributed by atoms with Crippen molar-refractivity contribution in [3.05, 3.63) is 0 Å². The van der Waals surface area contributed by atoms with Crippen LogP contribution in [-0.2, 0) is 9.53 Å². The zero-order valence-electron chi connectivity index (χ0n) is 13.6. The van der Waals surface area contributed by atoms with Gasteiger partial charge in [-0.3, -0.25) is 4.79 Å². The average Bonchev–Trinajstić information content (AvgIpc) is 2.63. The Balaban J connectivity index is 1.87. The summed E-state index contributed by atoms with van der Waals surface area (Å²) in [6, 6.07) is 0. The maximum absolute atomic E-state index is 11.3. The van der Waals surface area contributed by atoms with Gasteiger partial charge >= 0.3 is 5.97 Å². The minimum Gasteiger partial charge on any atom is -0.462 e. The number of aliphatic hydroxyl groups excluding tert-OH is 1. The van der Waals surface area contributed by atoms with Gasteiger partial charge in [0, 0.05) is 19.4 Å². The van der Waals surface area contributed by atoms with Crippen molar-refractivity contribution in [1.82, 2.24) is 0 Å². The first-order chi connectivity index (χ1) is 9.61. The summed E-state index contributed by atoms with van der Waals surface area (Å²) in [5, 5.41) is 20.6. The van der Waals surface area contributed by atoms with E-state index in [0.717, 1.165) is 25.7 Å². The summed E-state index contributed by atoms with van der Waals surface area (Å²) >= 11 is 0. The fourth-order valence-electron chi connectivity index (χ4n) is 6.09. The Bertz CT molecular complexity index is 460. The van der Waals surface area contributed by atoms with Crippen molar-refractivity contribution in [2.24, 2.45) is 28.6 Å². The number of carbonyl (C=O) groups excluding carboxylic acids is 1. The molecule has 0 aromatic heterocycles. The fraction of sp³-hybridized carbons (Fsp3) is 0.941. The molecule has 7 atom stereocenters. The molecule has 0 aromatic rings. The largest absolute Gasteiger partial charge is 0.462 e. The number of fused-ring (bicyclic) bond motifs is 3. The first-order valence-electron chi connectivity index (χ1n) is 8.12. The first kappa shape index (κ1) is 15.3. The molecule has 2 N–H and O–H groups in total. The van der Waals surface area contributed by atoms with E-state index in [1.807, 2.05) is 6.92 Å². The fourth-order valence-corrected chi connectivity index (χ4v) is 6.09. The highest BCUT2D eigenvalue weighted by atomic mass is 16.5. The number of hydrogen-bond acceptors (Lipinski definition) is 4. The standard InChI is InChI=1S/C17H28O4/c1-10(19)21-13-8-16(3)12-7-15(2,9-18)5-11(12)6-17(4,20)14(13)16/h11-14,18,20H,5-9H2,1-4H3/t11-,12-,13-,14-,15+,16-,17+/m1/s1. The number of carbonyl (C=O) groups is 1. The van der Waals surface area contributed by atoms with E-state index >= 15 is 0 Å². The molecule has 21 heavy (non-hydrogen) atoms. The SMILES string of the molecule is CC(=O)O[C@@H]1C[C@]2(C)[C@@H]3C[C@@](C)(CO)C[C@@H]3C[C@](C)(O)[C@H]12. The zero-order valence-corrected chi connectivity index (χ0v) is 13.6. The number of aliphatic hydroxyl groups is 2. The second-order valence-electron chi connectivity index (χ2n) is 8.64. The molecule has 0 heterocycles. The van der Waals surface area contributed by atoms with Gasteiger partial charge in [0.25, 0.3) is 0 Å². The van der Waals surface area contributed by atoms with Crippen LogP contribution in [0.15, 0.2) is 0 Å². The third-order valence-corrected chi connectivity index (χ3v) is 6.65. The van der Waals surface area contributed by atoms with Crippen molar-refractivity contribution in [3.63, 3.8) is 0 Å². The van der Waals surface area contributed by atoms with Crippen LogP contribution in [0, 0.1) is 28.6 Å². The van der Waals surface area contributed by atoms with Crippen LogP contribution in [0.2, 0.25) is 0 Å². The van der Waals surface area contributed by atoms with Gasteiger partial charge in [0.05, 0.1) is 5.60 Å².